The minimum Gasteiger partial charge on any atom is -0.624 e. The molecule has 0 aliphatic carbocycles. The topological polar surface area (TPSA) is 26.1 Å². The average molecular weight is 101 g/mol. The monoisotopic (exact) mass is 101 g/mol. The first-order chi connectivity index (χ1) is 3.13. The molecule has 0 rings (SSSR count). The van der Waals surface area contributed by atoms with Crippen LogP contribution >= 0.6 is 0 Å². The van der Waals surface area contributed by atoms with Gasteiger partial charge < -0.3 is 5.21 Å². The van der Waals surface area contributed by atoms with Gasteiger partial charge in [-0.25, -0.2) is 4.74 Å². The molecule has 0 aromatic rings. The highest BCUT2D eigenvalue weighted by Gasteiger charge is 1.87. The predicted molar refractivity (Wildman–Crippen MR) is 30.5 cm³/mol. The number of hydrogen-bond acceptors (Lipinski definition) is 1. The second kappa shape index (κ2) is 2.61. The lowest BCUT2D eigenvalue weighted by atomic mass is 10.3. The first kappa shape index (κ1) is 6.47. The summed E-state index contributed by atoms with van der Waals surface area (Å²) in [7, 11) is 1.49. The molecule has 0 amide bonds. The Labute approximate surface area is 44.1 Å². The van der Waals surface area contributed by atoms with Gasteiger partial charge >= 0.3 is 0 Å². The zero-order valence-electron chi connectivity index (χ0n) is 5.01. The van der Waals surface area contributed by atoms with Crippen LogP contribution < -0.4 is 0 Å². The minimum absolute atomic E-state index is 0.363. The summed E-state index contributed by atoms with van der Waals surface area (Å²) >= 11 is 0. The molecule has 0 aromatic carbocycles. The van der Waals surface area contributed by atoms with Crippen LogP contribution in [0.5, 0.6) is 0 Å². The highest BCUT2D eigenvalue weighted by Crippen LogP contribution is 1.81. The highest BCUT2D eigenvalue weighted by molar-refractivity contribution is 5.53. The second-order valence-corrected chi connectivity index (χ2v) is 1.94. The van der Waals surface area contributed by atoms with Gasteiger partial charge in [0.25, 0.3) is 0 Å². The molecule has 0 spiro atoms. The third kappa shape index (κ3) is 5.47. The van der Waals surface area contributed by atoms with Crippen LogP contribution in [0.1, 0.15) is 13.8 Å². The van der Waals surface area contributed by atoms with E-state index >= 15 is 0 Å². The second-order valence-electron chi connectivity index (χ2n) is 1.94. The Bertz CT molecular complexity index is 72.1. The van der Waals surface area contributed by atoms with Crippen LogP contribution in [0.4, 0.5) is 0 Å². The van der Waals surface area contributed by atoms with Crippen molar-refractivity contribution in [1.29, 1.82) is 0 Å². The van der Waals surface area contributed by atoms with Crippen molar-refractivity contribution in [2.24, 2.45) is 5.92 Å². The molecule has 0 aliphatic rings. The van der Waals surface area contributed by atoms with Gasteiger partial charge in [-0.2, -0.15) is 0 Å². The molecular weight excluding hydrogens is 90.1 g/mol. The summed E-state index contributed by atoms with van der Waals surface area (Å²) in [6.07, 6.45) is 1.61. The molecule has 0 radical (unpaired) electrons. The third-order valence-corrected chi connectivity index (χ3v) is 0.508. The van der Waals surface area contributed by atoms with Gasteiger partial charge in [0.1, 0.15) is 7.05 Å². The molecule has 0 N–H and O–H groups in total. The zero-order valence-corrected chi connectivity index (χ0v) is 5.01. The molecule has 0 saturated heterocycles. The van der Waals surface area contributed by atoms with Crippen molar-refractivity contribution in [3.8, 4) is 0 Å². The number of nitrogens with zero attached hydrogens (tertiary/aromatic N) is 1. The summed E-state index contributed by atoms with van der Waals surface area (Å²) in [6, 6.07) is 0. The van der Waals surface area contributed by atoms with E-state index in [-0.39, 0.29) is 0 Å². The van der Waals surface area contributed by atoms with Gasteiger partial charge in [0, 0.05) is 5.92 Å². The van der Waals surface area contributed by atoms with Crippen molar-refractivity contribution in [3.05, 3.63) is 5.21 Å². The van der Waals surface area contributed by atoms with E-state index in [2.05, 4.69) is 0 Å². The van der Waals surface area contributed by atoms with E-state index in [1.807, 2.05) is 13.8 Å². The fourth-order valence-electron chi connectivity index (χ4n) is 0.420. The van der Waals surface area contributed by atoms with Crippen LogP contribution in [0, 0.1) is 11.1 Å². The Hall–Kier alpha value is -0.530. The van der Waals surface area contributed by atoms with E-state index in [4.69, 9.17) is 0 Å². The van der Waals surface area contributed by atoms with Crippen LogP contribution in [0.15, 0.2) is 0 Å². The molecule has 0 aliphatic heterocycles. The normalized spacial score (nSPS) is 12.9. The maximum Gasteiger partial charge on any atom is 0.153 e. The van der Waals surface area contributed by atoms with Crippen molar-refractivity contribution >= 4 is 6.21 Å². The zero-order chi connectivity index (χ0) is 5.86. The molecule has 0 saturated carbocycles. The molecule has 0 heterocycles. The quantitative estimate of drug-likeness (QED) is 0.208. The van der Waals surface area contributed by atoms with Gasteiger partial charge in [0.05, 0.1) is 0 Å². The van der Waals surface area contributed by atoms with Crippen molar-refractivity contribution < 1.29 is 4.74 Å². The highest BCUT2D eigenvalue weighted by atomic mass is 16.5. The molecule has 0 unspecified atom stereocenters. The van der Waals surface area contributed by atoms with Gasteiger partial charge in [-0.05, 0) is 0 Å². The van der Waals surface area contributed by atoms with Crippen LogP contribution in [-0.2, 0) is 0 Å². The maximum absolute atomic E-state index is 10.1. The van der Waals surface area contributed by atoms with E-state index in [1.165, 1.54) is 7.05 Å². The lowest BCUT2D eigenvalue weighted by molar-refractivity contribution is -0.419. The number of rotatable bonds is 1. The first-order valence-electron chi connectivity index (χ1n) is 2.38. The van der Waals surface area contributed by atoms with Crippen LogP contribution in [0.2, 0.25) is 0 Å². The van der Waals surface area contributed by atoms with Crippen molar-refractivity contribution in [2.75, 3.05) is 7.05 Å². The van der Waals surface area contributed by atoms with E-state index in [0.29, 0.717) is 5.92 Å². The van der Waals surface area contributed by atoms with Crippen LogP contribution in [0.25, 0.3) is 0 Å². The predicted octanol–water partition coefficient (Wildman–Crippen LogP) is 0.853. The molecule has 0 bridgehead atoms. The largest absolute Gasteiger partial charge is 0.624 e. The Morgan fingerprint density at radius 3 is 2.00 bits per heavy atom. The standard InChI is InChI=1S/C5H11NO/c1-5(2)4-6(3)7/h4-5H,1-3H3. The van der Waals surface area contributed by atoms with E-state index in [1.54, 1.807) is 6.21 Å². The Morgan fingerprint density at radius 1 is 1.57 bits per heavy atom. The fourth-order valence-corrected chi connectivity index (χ4v) is 0.420. The van der Waals surface area contributed by atoms with Gasteiger partial charge in [0.15, 0.2) is 6.21 Å². The fraction of sp³-hybridized carbons (Fsp3) is 0.800. The molecular formula is C5H11NO. The Kier molecular flexibility index (Phi) is 2.41. The lowest BCUT2D eigenvalue weighted by Crippen LogP contribution is -2.01. The lowest BCUT2D eigenvalue weighted by Gasteiger charge is -1.95. The first-order valence-corrected chi connectivity index (χ1v) is 2.38. The van der Waals surface area contributed by atoms with Gasteiger partial charge in [-0.3, -0.25) is 0 Å². The Balaban J connectivity index is 3.45. The minimum atomic E-state index is 0.363. The van der Waals surface area contributed by atoms with Crippen molar-refractivity contribution in [3.63, 3.8) is 0 Å². The van der Waals surface area contributed by atoms with Crippen molar-refractivity contribution in [1.82, 2.24) is 0 Å². The molecule has 0 aromatic heterocycles. The summed E-state index contributed by atoms with van der Waals surface area (Å²) in [5.41, 5.74) is 0. The smallest absolute Gasteiger partial charge is 0.153 e. The maximum atomic E-state index is 10.1. The summed E-state index contributed by atoms with van der Waals surface area (Å²) in [4.78, 5) is 0. The molecule has 0 atom stereocenters. The summed E-state index contributed by atoms with van der Waals surface area (Å²) in [6.45, 7) is 3.93. The Morgan fingerprint density at radius 2 is 2.00 bits per heavy atom. The number of hydrogen-bond donors (Lipinski definition) is 0. The van der Waals surface area contributed by atoms with E-state index in [0.717, 1.165) is 4.74 Å². The van der Waals surface area contributed by atoms with E-state index in [9.17, 15) is 5.21 Å². The van der Waals surface area contributed by atoms with Crippen LogP contribution in [0.3, 0.4) is 0 Å². The average Bonchev–Trinajstić information content (AvgIpc) is 1.27. The summed E-state index contributed by atoms with van der Waals surface area (Å²) in [5.74, 6) is 0.363. The molecule has 2 heteroatoms. The molecule has 0 fully saturated rings. The molecule has 42 valence electrons. The van der Waals surface area contributed by atoms with Gasteiger partial charge in [-0.15, -0.1) is 0 Å². The number of hydroxylamine groups is 1. The summed E-state index contributed by atoms with van der Waals surface area (Å²) < 4.78 is 0.824. The van der Waals surface area contributed by atoms with Gasteiger partial charge in [-0.1, -0.05) is 13.8 Å². The van der Waals surface area contributed by atoms with Crippen LogP contribution in [-0.4, -0.2) is 18.0 Å². The summed E-state index contributed by atoms with van der Waals surface area (Å²) in [5, 5.41) is 10.1. The third-order valence-electron chi connectivity index (χ3n) is 0.508. The molecule has 7 heavy (non-hydrogen) atoms. The van der Waals surface area contributed by atoms with Crippen molar-refractivity contribution in [2.45, 2.75) is 13.8 Å². The van der Waals surface area contributed by atoms with E-state index < -0.39 is 0 Å². The van der Waals surface area contributed by atoms with Gasteiger partial charge in [0.2, 0.25) is 0 Å². The SMILES string of the molecule is CC(C)C=[N+](C)[O-]. The molecule has 2 nitrogen and oxygen atoms in total.